The molecule has 1 aliphatic rings. The molecule has 0 bridgehead atoms. The molecule has 3 nitrogen and oxygen atoms in total. The number of carbonyl (C=O) groups excluding carboxylic acids is 1. The van der Waals surface area contributed by atoms with Gasteiger partial charge in [-0.3, -0.25) is 9.52 Å². The van der Waals surface area contributed by atoms with Gasteiger partial charge in [0.25, 0.3) is 0 Å². The summed E-state index contributed by atoms with van der Waals surface area (Å²) in [6.07, 6.45) is 0. The zero-order chi connectivity index (χ0) is 5.11. The molecule has 1 aliphatic heterocycles. The quantitative estimate of drug-likeness (QED) is 0.457. The molecule has 1 fully saturated rings. The standard InChI is InChI=1S/C2H4N2OS2/c5-2-1-6-4-7-3-2/h4H,1H2,(H,3,5). The smallest absolute Gasteiger partial charge is 0.242 e. The van der Waals surface area contributed by atoms with E-state index in [1.807, 2.05) is 0 Å². The van der Waals surface area contributed by atoms with Gasteiger partial charge in [0, 0.05) is 12.1 Å². The van der Waals surface area contributed by atoms with Crippen molar-refractivity contribution in [3.63, 3.8) is 0 Å². The van der Waals surface area contributed by atoms with Crippen LogP contribution in [0.2, 0.25) is 0 Å². The molecule has 0 unspecified atom stereocenters. The lowest BCUT2D eigenvalue weighted by atomic mass is 10.8. The highest BCUT2D eigenvalue weighted by Gasteiger charge is 2.05. The van der Waals surface area contributed by atoms with Crippen molar-refractivity contribution in [1.29, 1.82) is 0 Å². The van der Waals surface area contributed by atoms with Crippen LogP contribution >= 0.6 is 24.1 Å². The first-order valence-corrected chi connectivity index (χ1v) is 3.51. The first-order chi connectivity index (χ1) is 3.39. The van der Waals surface area contributed by atoms with Gasteiger partial charge in [0.1, 0.15) is 0 Å². The van der Waals surface area contributed by atoms with Crippen molar-refractivity contribution in [2.24, 2.45) is 0 Å². The van der Waals surface area contributed by atoms with Gasteiger partial charge in [-0.2, -0.15) is 4.13 Å². The molecule has 7 heavy (non-hydrogen) atoms. The third kappa shape index (κ3) is 1.58. The highest BCUT2D eigenvalue weighted by Crippen LogP contribution is 2.04. The third-order valence-electron chi connectivity index (χ3n) is 0.469. The molecule has 1 saturated heterocycles. The first-order valence-electron chi connectivity index (χ1n) is 1.71. The number of hydrogen-bond acceptors (Lipinski definition) is 4. The summed E-state index contributed by atoms with van der Waals surface area (Å²) in [5, 5.41) is 0. The Morgan fingerprint density at radius 3 is 2.86 bits per heavy atom. The second-order valence-electron chi connectivity index (χ2n) is 0.999. The van der Waals surface area contributed by atoms with Gasteiger partial charge in [0.2, 0.25) is 5.91 Å². The molecule has 5 heteroatoms. The van der Waals surface area contributed by atoms with Crippen LogP contribution in [-0.4, -0.2) is 11.7 Å². The zero-order valence-electron chi connectivity index (χ0n) is 3.43. The van der Waals surface area contributed by atoms with Gasteiger partial charge in [0.15, 0.2) is 0 Å². The average Bonchev–Trinajstić information content (AvgIpc) is 1.69. The van der Waals surface area contributed by atoms with Crippen molar-refractivity contribution < 1.29 is 4.79 Å². The van der Waals surface area contributed by atoms with Gasteiger partial charge < -0.3 is 0 Å². The lowest BCUT2D eigenvalue weighted by Gasteiger charge is -2.08. The SMILES string of the molecule is O=C1CSNSN1. The molecule has 0 aromatic heterocycles. The highest BCUT2D eigenvalue weighted by molar-refractivity contribution is 8.13. The molecule has 40 valence electrons. The summed E-state index contributed by atoms with van der Waals surface area (Å²) in [5.41, 5.74) is 0. The Bertz CT molecular complexity index is 77.8. The number of carbonyl (C=O) groups is 1. The second kappa shape index (κ2) is 2.44. The van der Waals surface area contributed by atoms with E-state index < -0.39 is 0 Å². The first kappa shape index (κ1) is 5.27. The molecule has 0 atom stereocenters. The van der Waals surface area contributed by atoms with Gasteiger partial charge in [-0.05, 0) is 0 Å². The molecule has 1 rings (SSSR count). The summed E-state index contributed by atoms with van der Waals surface area (Å²) in [6.45, 7) is 0. The predicted molar refractivity (Wildman–Crippen MR) is 31.3 cm³/mol. The largest absolute Gasteiger partial charge is 0.286 e. The summed E-state index contributed by atoms with van der Waals surface area (Å²) in [7, 11) is 0. The Morgan fingerprint density at radius 1 is 1.71 bits per heavy atom. The number of hydrogen-bond donors (Lipinski definition) is 2. The van der Waals surface area contributed by atoms with Crippen LogP contribution in [0.4, 0.5) is 0 Å². The van der Waals surface area contributed by atoms with Crippen molar-refractivity contribution in [2.45, 2.75) is 0 Å². The predicted octanol–water partition coefficient (Wildman–Crippen LogP) is -0.0828. The summed E-state index contributed by atoms with van der Waals surface area (Å²) in [5.74, 6) is 0.598. The molecular weight excluding hydrogens is 132 g/mol. The van der Waals surface area contributed by atoms with Crippen LogP contribution in [-0.2, 0) is 4.79 Å². The summed E-state index contributed by atoms with van der Waals surface area (Å²) in [4.78, 5) is 10.3. The van der Waals surface area contributed by atoms with E-state index >= 15 is 0 Å². The van der Waals surface area contributed by atoms with Crippen molar-refractivity contribution in [3.05, 3.63) is 0 Å². The minimum Gasteiger partial charge on any atom is -0.286 e. The molecular formula is C2H4N2OS2. The van der Waals surface area contributed by atoms with Crippen molar-refractivity contribution in [1.82, 2.24) is 8.85 Å². The molecule has 0 aromatic carbocycles. The van der Waals surface area contributed by atoms with Gasteiger partial charge >= 0.3 is 0 Å². The van der Waals surface area contributed by atoms with Crippen LogP contribution in [0, 0.1) is 0 Å². The van der Waals surface area contributed by atoms with E-state index in [2.05, 4.69) is 8.85 Å². The van der Waals surface area contributed by atoms with E-state index in [-0.39, 0.29) is 5.91 Å². The van der Waals surface area contributed by atoms with Gasteiger partial charge in [-0.15, -0.1) is 0 Å². The minimum absolute atomic E-state index is 0.0775. The lowest BCUT2D eigenvalue weighted by Crippen LogP contribution is -2.26. The molecule has 1 amide bonds. The summed E-state index contributed by atoms with van der Waals surface area (Å²) >= 11 is 2.62. The highest BCUT2D eigenvalue weighted by atomic mass is 32.2. The van der Waals surface area contributed by atoms with E-state index in [9.17, 15) is 4.79 Å². The van der Waals surface area contributed by atoms with Gasteiger partial charge in [0.05, 0.1) is 5.75 Å². The lowest BCUT2D eigenvalue weighted by molar-refractivity contribution is -0.116. The number of rotatable bonds is 0. The Hall–Kier alpha value is 0.130. The van der Waals surface area contributed by atoms with E-state index in [4.69, 9.17) is 0 Å². The molecule has 0 radical (unpaired) electrons. The topological polar surface area (TPSA) is 41.1 Å². The molecule has 0 aliphatic carbocycles. The molecule has 0 saturated carbocycles. The minimum atomic E-state index is 0.0775. The van der Waals surface area contributed by atoms with E-state index in [0.29, 0.717) is 5.75 Å². The molecule has 1 heterocycles. The van der Waals surface area contributed by atoms with Crippen LogP contribution in [0.1, 0.15) is 0 Å². The fourth-order valence-electron chi connectivity index (χ4n) is 0.232. The van der Waals surface area contributed by atoms with Crippen molar-refractivity contribution in [2.75, 3.05) is 5.75 Å². The maximum absolute atomic E-state index is 10.3. The van der Waals surface area contributed by atoms with Gasteiger partial charge in [-0.25, -0.2) is 0 Å². The molecule has 2 N–H and O–H groups in total. The van der Waals surface area contributed by atoms with E-state index in [1.165, 1.54) is 24.1 Å². The van der Waals surface area contributed by atoms with Crippen molar-refractivity contribution in [3.8, 4) is 0 Å². The van der Waals surface area contributed by atoms with E-state index in [1.54, 1.807) is 0 Å². The van der Waals surface area contributed by atoms with Crippen LogP contribution in [0.25, 0.3) is 0 Å². The van der Waals surface area contributed by atoms with Crippen LogP contribution in [0.3, 0.4) is 0 Å². The van der Waals surface area contributed by atoms with Crippen LogP contribution in [0.15, 0.2) is 0 Å². The Morgan fingerprint density at radius 2 is 2.57 bits per heavy atom. The fraction of sp³-hybridized carbons (Fsp3) is 0.500. The Labute approximate surface area is 50.0 Å². The number of nitrogens with one attached hydrogen (secondary N) is 2. The maximum Gasteiger partial charge on any atom is 0.242 e. The average molecular weight is 136 g/mol. The summed E-state index contributed by atoms with van der Waals surface area (Å²) in [6, 6.07) is 0. The van der Waals surface area contributed by atoms with Crippen molar-refractivity contribution >= 4 is 30.0 Å². The fourth-order valence-corrected chi connectivity index (χ4v) is 1.35. The number of amides is 1. The normalized spacial score (nSPS) is 21.4. The van der Waals surface area contributed by atoms with Gasteiger partial charge in [-0.1, -0.05) is 11.9 Å². The second-order valence-corrected chi connectivity index (χ2v) is 2.65. The molecule has 0 aromatic rings. The van der Waals surface area contributed by atoms with Crippen LogP contribution in [0.5, 0.6) is 0 Å². The van der Waals surface area contributed by atoms with Crippen LogP contribution < -0.4 is 8.85 Å². The third-order valence-corrected chi connectivity index (χ3v) is 2.01. The Balaban J connectivity index is 2.25. The summed E-state index contributed by atoms with van der Waals surface area (Å²) < 4.78 is 5.34. The maximum atomic E-state index is 10.3. The Kier molecular flexibility index (Phi) is 1.84. The monoisotopic (exact) mass is 136 g/mol. The zero-order valence-corrected chi connectivity index (χ0v) is 5.06. The molecule has 0 spiro atoms. The van der Waals surface area contributed by atoms with E-state index in [0.717, 1.165) is 0 Å².